The molecule has 1 unspecified atom stereocenters. The van der Waals surface area contributed by atoms with Crippen LogP contribution in [-0.2, 0) is 18.3 Å². The number of nitrogen functional groups attached to an aromatic ring is 1. The van der Waals surface area contributed by atoms with Crippen molar-refractivity contribution < 1.29 is 22.7 Å². The van der Waals surface area contributed by atoms with Crippen LogP contribution in [-0.4, -0.2) is 50.1 Å². The number of nitrogens with one attached hydrogen (secondary N) is 1. The van der Waals surface area contributed by atoms with E-state index in [1.54, 1.807) is 13.8 Å². The van der Waals surface area contributed by atoms with Crippen LogP contribution in [0.2, 0.25) is 0 Å². The lowest BCUT2D eigenvalue weighted by molar-refractivity contribution is -0.0447. The van der Waals surface area contributed by atoms with E-state index in [1.807, 2.05) is 0 Å². The Morgan fingerprint density at radius 3 is 3.00 bits per heavy atom. The van der Waals surface area contributed by atoms with Crippen molar-refractivity contribution in [1.82, 2.24) is 24.7 Å². The van der Waals surface area contributed by atoms with Crippen molar-refractivity contribution in [2.45, 2.75) is 50.8 Å². The van der Waals surface area contributed by atoms with E-state index in [2.05, 4.69) is 20.2 Å². The summed E-state index contributed by atoms with van der Waals surface area (Å²) in [6.07, 6.45) is -0.131. The number of hydrogen-bond donors (Lipinski definition) is 2. The van der Waals surface area contributed by atoms with E-state index >= 15 is 4.39 Å². The summed E-state index contributed by atoms with van der Waals surface area (Å²) in [5, 5.41) is 6.80. The third-order valence-corrected chi connectivity index (χ3v) is 6.25. The molecule has 4 rings (SSSR count). The maximum absolute atomic E-state index is 15.7. The lowest BCUT2D eigenvalue weighted by Gasteiger charge is -2.35. The van der Waals surface area contributed by atoms with Gasteiger partial charge in [-0.25, -0.2) is 28.5 Å². The smallest absolute Gasteiger partial charge is 0.381 e. The van der Waals surface area contributed by atoms with Gasteiger partial charge in [0.25, 0.3) is 0 Å². The van der Waals surface area contributed by atoms with Gasteiger partial charge in [-0.3, -0.25) is 9.05 Å². The molecule has 0 spiro atoms. The molecule has 2 aromatic heterocycles. The fourth-order valence-corrected chi connectivity index (χ4v) is 5.13. The van der Waals surface area contributed by atoms with Gasteiger partial charge in [-0.15, -0.1) is 0 Å². The van der Waals surface area contributed by atoms with E-state index in [0.29, 0.717) is 11.3 Å². The third kappa shape index (κ3) is 2.71. The third-order valence-electron chi connectivity index (χ3n) is 4.42. The Balaban J connectivity index is 1.68. The van der Waals surface area contributed by atoms with E-state index in [1.165, 1.54) is 24.0 Å². The average molecular weight is 386 g/mol. The maximum atomic E-state index is 15.7. The second kappa shape index (κ2) is 5.93. The minimum absolute atomic E-state index is 0.0501. The molecule has 2 aliphatic rings. The maximum Gasteiger partial charge on any atom is 0.406 e. The van der Waals surface area contributed by atoms with E-state index in [9.17, 15) is 4.57 Å². The van der Waals surface area contributed by atoms with Crippen molar-refractivity contribution in [2.75, 3.05) is 12.3 Å². The average Bonchev–Trinajstić information content (AvgIpc) is 3.07. The molecule has 0 amide bonds. The molecule has 2 aromatic rings. The van der Waals surface area contributed by atoms with Gasteiger partial charge in [0.05, 0.1) is 18.5 Å². The number of alkyl halides is 1. The SMILES string of the molecule is CC(C)NP1(=O)OC[C@H]2O[C@@H](c3cnc4c(N)ncnn34)[C@](C)(F)[C@@H]2O1. The van der Waals surface area contributed by atoms with E-state index in [-0.39, 0.29) is 18.5 Å². The normalized spacial score (nSPS) is 37.3. The Morgan fingerprint density at radius 2 is 2.27 bits per heavy atom. The molecule has 10 nitrogen and oxygen atoms in total. The summed E-state index contributed by atoms with van der Waals surface area (Å²) in [6.45, 7) is 4.88. The van der Waals surface area contributed by atoms with Crippen LogP contribution in [0.3, 0.4) is 0 Å². The van der Waals surface area contributed by atoms with Crippen LogP contribution in [0, 0.1) is 0 Å². The molecule has 0 saturated carbocycles. The molecule has 26 heavy (non-hydrogen) atoms. The summed E-state index contributed by atoms with van der Waals surface area (Å²) in [4.78, 5) is 8.00. The first-order valence-corrected chi connectivity index (χ1v) is 9.75. The molecular formula is C14H20FN6O4P. The van der Waals surface area contributed by atoms with Crippen LogP contribution < -0.4 is 10.8 Å². The standard InChI is InChI=1S/C14H20FN6O4P/c1-7(2)20-26(22)23-5-9-11(25-26)14(3,15)10(24-9)8-4-17-13-12(16)18-6-19-21(8)13/h4,6-7,9-11H,5H2,1-3H3,(H,20,22)(H2,16,18,19)/t9-,10+,11-,14+,26?/m1/s1. The van der Waals surface area contributed by atoms with Gasteiger partial charge < -0.3 is 10.5 Å². The molecule has 0 aromatic carbocycles. The summed E-state index contributed by atoms with van der Waals surface area (Å²) >= 11 is 0. The highest BCUT2D eigenvalue weighted by atomic mass is 31.2. The highest BCUT2D eigenvalue weighted by Crippen LogP contribution is 2.57. The zero-order valence-corrected chi connectivity index (χ0v) is 15.4. The monoisotopic (exact) mass is 386 g/mol. The van der Waals surface area contributed by atoms with Crippen molar-refractivity contribution in [3.05, 3.63) is 18.2 Å². The molecule has 142 valence electrons. The van der Waals surface area contributed by atoms with Gasteiger partial charge in [-0.1, -0.05) is 0 Å². The number of halogens is 1. The number of fused-ring (bicyclic) bond motifs is 2. The second-order valence-corrected chi connectivity index (χ2v) is 8.59. The fourth-order valence-electron chi connectivity index (χ4n) is 3.31. The van der Waals surface area contributed by atoms with Gasteiger partial charge >= 0.3 is 7.75 Å². The number of nitrogens with zero attached hydrogens (tertiary/aromatic N) is 4. The van der Waals surface area contributed by atoms with Crippen LogP contribution in [0.5, 0.6) is 0 Å². The number of rotatable bonds is 3. The number of hydrogen-bond acceptors (Lipinski definition) is 8. The fraction of sp³-hybridized carbons (Fsp3) is 0.643. The molecule has 4 heterocycles. The van der Waals surface area contributed by atoms with Crippen LogP contribution in [0.25, 0.3) is 5.65 Å². The topological polar surface area (TPSA) is 126 Å². The predicted octanol–water partition coefficient (Wildman–Crippen LogP) is 1.40. The summed E-state index contributed by atoms with van der Waals surface area (Å²) in [5.74, 6) is 0.174. The summed E-state index contributed by atoms with van der Waals surface area (Å²) < 4.78 is 46.5. The van der Waals surface area contributed by atoms with Crippen LogP contribution in [0.4, 0.5) is 10.2 Å². The van der Waals surface area contributed by atoms with Crippen molar-refractivity contribution in [2.24, 2.45) is 0 Å². The minimum atomic E-state index is -3.62. The van der Waals surface area contributed by atoms with Crippen molar-refractivity contribution >= 4 is 19.2 Å². The molecule has 0 radical (unpaired) electrons. The lowest BCUT2D eigenvalue weighted by Crippen LogP contribution is -2.46. The van der Waals surface area contributed by atoms with Gasteiger partial charge in [-0.05, 0) is 20.8 Å². The largest absolute Gasteiger partial charge is 0.406 e. The second-order valence-electron chi connectivity index (χ2n) is 6.87. The quantitative estimate of drug-likeness (QED) is 0.753. The molecule has 2 fully saturated rings. The predicted molar refractivity (Wildman–Crippen MR) is 89.0 cm³/mol. The number of ether oxygens (including phenoxy) is 1. The Labute approximate surface area is 148 Å². The first kappa shape index (κ1) is 17.7. The summed E-state index contributed by atoms with van der Waals surface area (Å²) in [6, 6.07) is -0.153. The van der Waals surface area contributed by atoms with Crippen molar-refractivity contribution in [3.63, 3.8) is 0 Å². The molecule has 3 N–H and O–H groups in total. The van der Waals surface area contributed by atoms with Gasteiger partial charge in [0.2, 0.25) is 0 Å². The minimum Gasteiger partial charge on any atom is -0.381 e. The zero-order valence-electron chi connectivity index (χ0n) is 14.5. The lowest BCUT2D eigenvalue weighted by atomic mass is 9.93. The van der Waals surface area contributed by atoms with E-state index in [4.69, 9.17) is 19.5 Å². The van der Waals surface area contributed by atoms with Crippen LogP contribution >= 0.6 is 7.75 Å². The summed E-state index contributed by atoms with van der Waals surface area (Å²) in [5.41, 5.74) is 4.46. The number of imidazole rings is 1. The first-order valence-electron chi connectivity index (χ1n) is 8.20. The first-order chi connectivity index (χ1) is 12.2. The molecule has 2 aliphatic heterocycles. The van der Waals surface area contributed by atoms with Crippen LogP contribution in [0.1, 0.15) is 32.6 Å². The summed E-state index contributed by atoms with van der Waals surface area (Å²) in [7, 11) is -3.62. The van der Waals surface area contributed by atoms with E-state index < -0.39 is 31.7 Å². The van der Waals surface area contributed by atoms with Gasteiger partial charge in [0, 0.05) is 6.04 Å². The Morgan fingerprint density at radius 1 is 1.50 bits per heavy atom. The van der Waals surface area contributed by atoms with Gasteiger partial charge in [0.1, 0.15) is 24.6 Å². The highest BCUT2D eigenvalue weighted by Gasteiger charge is 2.61. The molecular weight excluding hydrogens is 366 g/mol. The Bertz CT molecular complexity index is 889. The van der Waals surface area contributed by atoms with Gasteiger partial charge in [-0.2, -0.15) is 5.10 Å². The van der Waals surface area contributed by atoms with Crippen molar-refractivity contribution in [1.29, 1.82) is 0 Å². The Hall–Kier alpha value is -1.65. The number of anilines is 1. The van der Waals surface area contributed by atoms with Crippen LogP contribution in [0.15, 0.2) is 12.5 Å². The van der Waals surface area contributed by atoms with Gasteiger partial charge in [0.15, 0.2) is 17.1 Å². The number of nitrogens with two attached hydrogens (primary N) is 1. The molecule has 2 saturated heterocycles. The molecule has 0 bridgehead atoms. The van der Waals surface area contributed by atoms with E-state index in [0.717, 1.165) is 0 Å². The zero-order chi connectivity index (χ0) is 18.7. The highest BCUT2D eigenvalue weighted by molar-refractivity contribution is 7.51. The molecule has 12 heteroatoms. The molecule has 0 aliphatic carbocycles. The van der Waals surface area contributed by atoms with Crippen molar-refractivity contribution in [3.8, 4) is 0 Å². The Kier molecular flexibility index (Phi) is 4.05. The molecule has 5 atom stereocenters. The number of aromatic nitrogens is 4.